The molecule has 2 N–H and O–H groups in total. The summed E-state index contributed by atoms with van der Waals surface area (Å²) in [7, 11) is 0. The molecule has 1 saturated heterocycles. The number of aromatic nitrogens is 2. The van der Waals surface area contributed by atoms with Crippen LogP contribution in [0.3, 0.4) is 0 Å². The van der Waals surface area contributed by atoms with Gasteiger partial charge in [-0.2, -0.15) is 5.10 Å². The van der Waals surface area contributed by atoms with E-state index in [9.17, 15) is 5.11 Å². The molecule has 1 aromatic heterocycles. The van der Waals surface area contributed by atoms with E-state index in [0.29, 0.717) is 6.61 Å². The molecule has 5 nitrogen and oxygen atoms in total. The van der Waals surface area contributed by atoms with Crippen LogP contribution in [0.5, 0.6) is 5.75 Å². The summed E-state index contributed by atoms with van der Waals surface area (Å²) in [5.41, 5.74) is 4.57. The maximum absolute atomic E-state index is 9.69. The topological polar surface area (TPSA) is 61.4 Å². The summed E-state index contributed by atoms with van der Waals surface area (Å²) in [6, 6.07) is 15.9. The summed E-state index contributed by atoms with van der Waals surface area (Å²) in [5, 5.41) is 16.6. The van der Waals surface area contributed by atoms with Gasteiger partial charge in [-0.25, -0.2) is 0 Å². The van der Waals surface area contributed by atoms with E-state index in [4.69, 9.17) is 4.74 Å². The van der Waals surface area contributed by atoms with Crippen LogP contribution in [0.4, 0.5) is 0 Å². The Kier molecular flexibility index (Phi) is 4.50. The van der Waals surface area contributed by atoms with E-state index in [-0.39, 0.29) is 11.9 Å². The van der Waals surface area contributed by atoms with Gasteiger partial charge < -0.3 is 9.84 Å². The Morgan fingerprint density at radius 2 is 2.08 bits per heavy atom. The van der Waals surface area contributed by atoms with Crippen LogP contribution in [0.2, 0.25) is 0 Å². The minimum atomic E-state index is -0.00194. The highest BCUT2D eigenvalue weighted by Gasteiger charge is 2.22. The lowest BCUT2D eigenvalue weighted by molar-refractivity contribution is -0.0330. The summed E-state index contributed by atoms with van der Waals surface area (Å²) in [5.74, 6) is 0.283. The van der Waals surface area contributed by atoms with Crippen LogP contribution in [0.25, 0.3) is 11.1 Å². The summed E-state index contributed by atoms with van der Waals surface area (Å²) < 4.78 is 5.90. The van der Waals surface area contributed by atoms with Crippen LogP contribution in [0, 0.1) is 0 Å². The lowest BCUT2D eigenvalue weighted by Gasteiger charge is -2.33. The fourth-order valence-corrected chi connectivity index (χ4v) is 3.29. The first-order valence-electron chi connectivity index (χ1n) is 8.49. The van der Waals surface area contributed by atoms with Crippen molar-refractivity contribution in [1.29, 1.82) is 0 Å². The van der Waals surface area contributed by atoms with Gasteiger partial charge in [0, 0.05) is 31.4 Å². The minimum absolute atomic E-state index is 0.00194. The Balaban J connectivity index is 1.47. The maximum atomic E-state index is 9.69. The average molecular weight is 335 g/mol. The summed E-state index contributed by atoms with van der Waals surface area (Å²) >= 11 is 0. The van der Waals surface area contributed by atoms with Crippen molar-refractivity contribution in [3.63, 3.8) is 0 Å². The zero-order valence-corrected chi connectivity index (χ0v) is 13.9. The van der Waals surface area contributed by atoms with Crippen molar-refractivity contribution in [3.8, 4) is 16.9 Å². The van der Waals surface area contributed by atoms with Crippen LogP contribution in [-0.4, -0.2) is 39.9 Å². The van der Waals surface area contributed by atoms with Crippen LogP contribution in [0.15, 0.2) is 60.9 Å². The van der Waals surface area contributed by atoms with Gasteiger partial charge in [-0.1, -0.05) is 30.3 Å². The van der Waals surface area contributed by atoms with Gasteiger partial charge in [0.1, 0.15) is 5.75 Å². The smallest absolute Gasteiger partial charge is 0.115 e. The Morgan fingerprint density at radius 1 is 1.16 bits per heavy atom. The average Bonchev–Trinajstić information content (AvgIpc) is 3.17. The lowest BCUT2D eigenvalue weighted by atomic mass is 10.0. The third-order valence-corrected chi connectivity index (χ3v) is 4.56. The van der Waals surface area contributed by atoms with E-state index >= 15 is 0 Å². The predicted octanol–water partition coefficient (Wildman–Crippen LogP) is 3.36. The molecule has 1 aliphatic heterocycles. The number of aromatic amines is 1. The monoisotopic (exact) mass is 335 g/mol. The van der Waals surface area contributed by atoms with Crippen LogP contribution in [0.1, 0.15) is 17.2 Å². The SMILES string of the molecule is Oc1cccc(C2CN(Cc3cccc(-c4cn[nH]c4)c3)CCO2)c1. The maximum Gasteiger partial charge on any atom is 0.115 e. The Labute approximate surface area is 146 Å². The zero-order chi connectivity index (χ0) is 17.1. The highest BCUT2D eigenvalue weighted by Crippen LogP contribution is 2.26. The predicted molar refractivity (Wildman–Crippen MR) is 96.1 cm³/mol. The molecule has 0 radical (unpaired) electrons. The van der Waals surface area contributed by atoms with E-state index in [2.05, 4.69) is 39.4 Å². The van der Waals surface area contributed by atoms with Crippen molar-refractivity contribution in [3.05, 3.63) is 72.1 Å². The van der Waals surface area contributed by atoms with E-state index < -0.39 is 0 Å². The van der Waals surface area contributed by atoms with Gasteiger partial charge in [0.25, 0.3) is 0 Å². The summed E-state index contributed by atoms with van der Waals surface area (Å²) in [6.45, 7) is 3.30. The number of H-pyrrole nitrogens is 1. The van der Waals surface area contributed by atoms with Crippen LogP contribution < -0.4 is 0 Å². The Morgan fingerprint density at radius 3 is 2.92 bits per heavy atom. The second kappa shape index (κ2) is 7.09. The third-order valence-electron chi connectivity index (χ3n) is 4.56. The molecule has 5 heteroatoms. The number of nitrogens with one attached hydrogen (secondary N) is 1. The van der Waals surface area contributed by atoms with Gasteiger partial charge >= 0.3 is 0 Å². The molecule has 1 aliphatic rings. The van der Waals surface area contributed by atoms with E-state index in [1.807, 2.05) is 24.5 Å². The van der Waals surface area contributed by atoms with Gasteiger partial charge in [0.05, 0.1) is 18.9 Å². The van der Waals surface area contributed by atoms with Crippen LogP contribution >= 0.6 is 0 Å². The molecular formula is C20H21N3O2. The highest BCUT2D eigenvalue weighted by molar-refractivity contribution is 5.62. The molecule has 1 fully saturated rings. The molecular weight excluding hydrogens is 314 g/mol. The number of ether oxygens (including phenoxy) is 1. The van der Waals surface area contributed by atoms with Gasteiger partial charge in [0.15, 0.2) is 0 Å². The summed E-state index contributed by atoms with van der Waals surface area (Å²) in [6.07, 6.45) is 3.75. The van der Waals surface area contributed by atoms with E-state index in [1.54, 1.807) is 12.1 Å². The van der Waals surface area contributed by atoms with Crippen molar-refractivity contribution in [2.24, 2.45) is 0 Å². The number of phenolic OH excluding ortho intramolecular Hbond substituents is 1. The Bertz CT molecular complexity index is 832. The van der Waals surface area contributed by atoms with Crippen molar-refractivity contribution in [2.75, 3.05) is 19.7 Å². The number of benzene rings is 2. The molecule has 0 bridgehead atoms. The number of aromatic hydroxyl groups is 1. The normalized spacial score (nSPS) is 18.3. The van der Waals surface area contributed by atoms with Gasteiger partial charge in [0.2, 0.25) is 0 Å². The fourth-order valence-electron chi connectivity index (χ4n) is 3.29. The Hall–Kier alpha value is -2.63. The summed E-state index contributed by atoms with van der Waals surface area (Å²) in [4.78, 5) is 2.40. The first kappa shape index (κ1) is 15.9. The van der Waals surface area contributed by atoms with Crippen molar-refractivity contribution < 1.29 is 9.84 Å². The van der Waals surface area contributed by atoms with Crippen LogP contribution in [-0.2, 0) is 11.3 Å². The molecule has 4 rings (SSSR count). The molecule has 3 aromatic rings. The fraction of sp³-hybridized carbons (Fsp3) is 0.250. The zero-order valence-electron chi connectivity index (χ0n) is 13.9. The number of morpholine rings is 1. The molecule has 128 valence electrons. The molecule has 0 amide bonds. The molecule has 2 aromatic carbocycles. The largest absolute Gasteiger partial charge is 0.508 e. The number of hydrogen-bond acceptors (Lipinski definition) is 4. The molecule has 1 unspecified atom stereocenters. The molecule has 2 heterocycles. The first-order chi connectivity index (χ1) is 12.3. The number of phenols is 1. The molecule has 0 spiro atoms. The molecule has 25 heavy (non-hydrogen) atoms. The first-order valence-corrected chi connectivity index (χ1v) is 8.49. The van der Waals surface area contributed by atoms with E-state index in [0.717, 1.165) is 30.8 Å². The van der Waals surface area contributed by atoms with Crippen molar-refractivity contribution >= 4 is 0 Å². The van der Waals surface area contributed by atoms with Gasteiger partial charge in [-0.3, -0.25) is 10.00 Å². The van der Waals surface area contributed by atoms with Crippen molar-refractivity contribution in [1.82, 2.24) is 15.1 Å². The number of hydrogen-bond donors (Lipinski definition) is 2. The van der Waals surface area contributed by atoms with E-state index in [1.165, 1.54) is 11.1 Å². The van der Waals surface area contributed by atoms with Gasteiger partial charge in [-0.05, 0) is 34.9 Å². The van der Waals surface area contributed by atoms with Gasteiger partial charge in [-0.15, -0.1) is 0 Å². The lowest BCUT2D eigenvalue weighted by Crippen LogP contribution is -2.37. The second-order valence-electron chi connectivity index (χ2n) is 6.38. The number of rotatable bonds is 4. The standard InChI is InChI=1S/C20H21N3O2/c24-19-6-2-5-17(10-19)20-14-23(7-8-25-20)13-15-3-1-4-16(9-15)18-11-21-22-12-18/h1-6,9-12,20,24H,7-8,13-14H2,(H,21,22). The number of nitrogens with zero attached hydrogens (tertiary/aromatic N) is 2. The van der Waals surface area contributed by atoms with Crippen molar-refractivity contribution in [2.45, 2.75) is 12.6 Å². The minimum Gasteiger partial charge on any atom is -0.508 e. The molecule has 1 atom stereocenters. The quantitative estimate of drug-likeness (QED) is 0.767. The molecule has 0 saturated carbocycles. The third kappa shape index (κ3) is 3.73. The second-order valence-corrected chi connectivity index (χ2v) is 6.38. The highest BCUT2D eigenvalue weighted by atomic mass is 16.5. The molecule has 0 aliphatic carbocycles.